The van der Waals surface area contributed by atoms with Crippen LogP contribution in [0, 0.1) is 0 Å². The van der Waals surface area contributed by atoms with Crippen LogP contribution in [-0.2, 0) is 21.3 Å². The first-order valence-corrected chi connectivity index (χ1v) is 10.4. The molecule has 0 aromatic heterocycles. The molecule has 0 aliphatic heterocycles. The van der Waals surface area contributed by atoms with E-state index in [4.69, 9.17) is 9.57 Å². The number of nitrogens with zero attached hydrogens (tertiary/aromatic N) is 1. The van der Waals surface area contributed by atoms with Gasteiger partial charge in [0.15, 0.2) is 0 Å². The van der Waals surface area contributed by atoms with Crippen LogP contribution in [0.15, 0.2) is 47.4 Å². The Balaban J connectivity index is 1.91. The Morgan fingerprint density at radius 3 is 2.64 bits per heavy atom. The average molecular weight is 404 g/mol. The van der Waals surface area contributed by atoms with Gasteiger partial charge in [-0.3, -0.25) is 9.63 Å². The van der Waals surface area contributed by atoms with E-state index in [1.807, 2.05) is 18.2 Å². The van der Waals surface area contributed by atoms with Crippen LogP contribution in [0.5, 0.6) is 5.75 Å². The standard InChI is InChI=1S/C20H24N2O5S/c1-22(27-3)28(24,25)19-13-15(11-12-18(19)26-2)20(23)21-17-10-6-8-14-7-4-5-9-16(14)17/h4-5,7,9,11-13,17H,6,8,10H2,1-3H3,(H,21,23)/t17-/m1/s1. The van der Waals surface area contributed by atoms with E-state index in [1.54, 1.807) is 6.07 Å². The van der Waals surface area contributed by atoms with Crippen LogP contribution in [0.25, 0.3) is 0 Å². The zero-order valence-electron chi connectivity index (χ0n) is 16.1. The predicted octanol–water partition coefficient (Wildman–Crippen LogP) is 2.68. The molecule has 0 radical (unpaired) electrons. The molecule has 0 spiro atoms. The highest BCUT2D eigenvalue weighted by Gasteiger charge is 2.27. The second-order valence-corrected chi connectivity index (χ2v) is 8.48. The lowest BCUT2D eigenvalue weighted by Crippen LogP contribution is -2.31. The third-order valence-corrected chi connectivity index (χ3v) is 6.67. The molecule has 0 heterocycles. The summed E-state index contributed by atoms with van der Waals surface area (Å²) in [5.74, 6) is -0.190. The van der Waals surface area contributed by atoms with Gasteiger partial charge < -0.3 is 10.1 Å². The highest BCUT2D eigenvalue weighted by atomic mass is 32.2. The first-order chi connectivity index (χ1) is 13.4. The van der Waals surface area contributed by atoms with Gasteiger partial charge in [0.05, 0.1) is 20.3 Å². The van der Waals surface area contributed by atoms with Gasteiger partial charge in [-0.1, -0.05) is 28.7 Å². The first kappa shape index (κ1) is 20.3. The molecule has 1 atom stereocenters. The number of rotatable bonds is 6. The summed E-state index contributed by atoms with van der Waals surface area (Å²) in [4.78, 5) is 17.5. The molecule has 7 nitrogen and oxygen atoms in total. The molecule has 0 saturated carbocycles. The Morgan fingerprint density at radius 1 is 1.18 bits per heavy atom. The highest BCUT2D eigenvalue weighted by Crippen LogP contribution is 2.31. The number of nitrogens with one attached hydrogen (secondary N) is 1. The fourth-order valence-corrected chi connectivity index (χ4v) is 4.56. The lowest BCUT2D eigenvalue weighted by molar-refractivity contribution is -0.0259. The van der Waals surface area contributed by atoms with Gasteiger partial charge in [-0.25, -0.2) is 8.42 Å². The van der Waals surface area contributed by atoms with Crippen molar-refractivity contribution in [3.8, 4) is 5.75 Å². The van der Waals surface area contributed by atoms with Gasteiger partial charge in [0.2, 0.25) is 0 Å². The Kier molecular flexibility index (Phi) is 6.02. The molecule has 1 aliphatic rings. The van der Waals surface area contributed by atoms with Gasteiger partial charge >= 0.3 is 0 Å². The molecule has 1 N–H and O–H groups in total. The number of methoxy groups -OCH3 is 1. The lowest BCUT2D eigenvalue weighted by atomic mass is 9.87. The zero-order valence-corrected chi connectivity index (χ0v) is 17.0. The van der Waals surface area contributed by atoms with Crippen LogP contribution in [0.2, 0.25) is 0 Å². The molecule has 0 bridgehead atoms. The molecule has 28 heavy (non-hydrogen) atoms. The van der Waals surface area contributed by atoms with Crippen LogP contribution in [0.4, 0.5) is 0 Å². The molecule has 0 fully saturated rings. The smallest absolute Gasteiger partial charge is 0.268 e. The Morgan fingerprint density at radius 2 is 1.93 bits per heavy atom. The van der Waals surface area contributed by atoms with Crippen molar-refractivity contribution in [1.82, 2.24) is 9.79 Å². The van der Waals surface area contributed by atoms with Crippen molar-refractivity contribution in [1.29, 1.82) is 0 Å². The molecule has 150 valence electrons. The van der Waals surface area contributed by atoms with Crippen LogP contribution < -0.4 is 10.1 Å². The number of benzene rings is 2. The second kappa shape index (κ2) is 8.30. The van der Waals surface area contributed by atoms with Gasteiger partial charge in [0, 0.05) is 12.6 Å². The third kappa shape index (κ3) is 3.89. The van der Waals surface area contributed by atoms with E-state index in [-0.39, 0.29) is 28.2 Å². The number of hydroxylamine groups is 1. The third-order valence-electron chi connectivity index (χ3n) is 4.97. The number of fused-ring (bicyclic) bond motifs is 1. The first-order valence-electron chi connectivity index (χ1n) is 8.98. The monoisotopic (exact) mass is 404 g/mol. The lowest BCUT2D eigenvalue weighted by Gasteiger charge is -2.26. The number of aryl methyl sites for hydroxylation is 1. The topological polar surface area (TPSA) is 84.9 Å². The van der Waals surface area contributed by atoms with E-state index in [0.29, 0.717) is 0 Å². The van der Waals surface area contributed by atoms with Crippen molar-refractivity contribution in [3.63, 3.8) is 0 Å². The van der Waals surface area contributed by atoms with Gasteiger partial charge in [-0.15, -0.1) is 0 Å². The maximum absolute atomic E-state index is 12.8. The van der Waals surface area contributed by atoms with E-state index >= 15 is 0 Å². The Bertz CT molecular complexity index is 974. The normalized spacial score (nSPS) is 16.5. The zero-order chi connectivity index (χ0) is 20.3. The number of amides is 1. The quantitative estimate of drug-likeness (QED) is 0.749. The van der Waals surface area contributed by atoms with Crippen molar-refractivity contribution in [2.45, 2.75) is 30.2 Å². The maximum atomic E-state index is 12.8. The van der Waals surface area contributed by atoms with Crippen molar-refractivity contribution >= 4 is 15.9 Å². The van der Waals surface area contributed by atoms with E-state index in [1.165, 1.54) is 39.0 Å². The summed E-state index contributed by atoms with van der Waals surface area (Å²) in [6, 6.07) is 12.3. The minimum Gasteiger partial charge on any atom is -0.495 e. The number of carbonyl (C=O) groups is 1. The Hall–Kier alpha value is -2.42. The fourth-order valence-electron chi connectivity index (χ4n) is 3.40. The molecular formula is C20H24N2O5S. The van der Waals surface area contributed by atoms with Crippen molar-refractivity contribution < 1.29 is 22.8 Å². The molecule has 2 aromatic carbocycles. The fraction of sp³-hybridized carbons (Fsp3) is 0.350. The summed E-state index contributed by atoms with van der Waals surface area (Å²) in [5, 5.41) is 3.03. The average Bonchev–Trinajstić information content (AvgIpc) is 2.72. The molecular weight excluding hydrogens is 380 g/mol. The molecule has 2 aromatic rings. The molecule has 1 amide bonds. The summed E-state index contributed by atoms with van der Waals surface area (Å²) >= 11 is 0. The van der Waals surface area contributed by atoms with Gasteiger partial charge in [0.1, 0.15) is 10.6 Å². The van der Waals surface area contributed by atoms with Gasteiger partial charge in [-0.2, -0.15) is 0 Å². The summed E-state index contributed by atoms with van der Waals surface area (Å²) in [7, 11) is -0.0592. The number of sulfonamides is 1. The van der Waals surface area contributed by atoms with Crippen molar-refractivity contribution in [2.75, 3.05) is 21.3 Å². The molecule has 0 unspecified atom stereocenters. The summed E-state index contributed by atoms with van der Waals surface area (Å²) in [5.41, 5.74) is 2.59. The van der Waals surface area contributed by atoms with Crippen LogP contribution in [0.3, 0.4) is 0 Å². The van der Waals surface area contributed by atoms with Crippen molar-refractivity contribution in [2.24, 2.45) is 0 Å². The minimum atomic E-state index is -3.96. The van der Waals surface area contributed by atoms with E-state index in [0.717, 1.165) is 29.3 Å². The predicted molar refractivity (Wildman–Crippen MR) is 105 cm³/mol. The molecule has 0 saturated heterocycles. The number of hydrogen-bond donors (Lipinski definition) is 1. The summed E-state index contributed by atoms with van der Waals surface area (Å²) in [6.45, 7) is 0. The van der Waals surface area contributed by atoms with Gasteiger partial charge in [0.25, 0.3) is 15.9 Å². The van der Waals surface area contributed by atoms with E-state index < -0.39 is 10.0 Å². The Labute approximate surface area is 165 Å². The molecule has 8 heteroatoms. The van der Waals surface area contributed by atoms with Gasteiger partial charge in [-0.05, 0) is 48.6 Å². The highest BCUT2D eigenvalue weighted by molar-refractivity contribution is 7.89. The molecule has 3 rings (SSSR count). The van der Waals surface area contributed by atoms with E-state index in [9.17, 15) is 13.2 Å². The number of carbonyl (C=O) groups excluding carboxylic acids is 1. The number of ether oxygens (including phenoxy) is 1. The summed E-state index contributed by atoms with van der Waals surface area (Å²) in [6.07, 6.45) is 2.83. The summed E-state index contributed by atoms with van der Waals surface area (Å²) < 4.78 is 31.2. The minimum absolute atomic E-state index is 0.0961. The second-order valence-electron chi connectivity index (χ2n) is 6.58. The number of hydrogen-bond acceptors (Lipinski definition) is 5. The van der Waals surface area contributed by atoms with Crippen LogP contribution >= 0.6 is 0 Å². The van der Waals surface area contributed by atoms with Crippen molar-refractivity contribution in [3.05, 3.63) is 59.2 Å². The van der Waals surface area contributed by atoms with Crippen LogP contribution in [0.1, 0.15) is 40.4 Å². The SMILES string of the molecule is COc1ccc(C(=O)N[C@@H]2CCCc3ccccc32)cc1S(=O)(=O)N(C)OC. The van der Waals surface area contributed by atoms with Crippen LogP contribution in [-0.4, -0.2) is 40.1 Å². The maximum Gasteiger partial charge on any atom is 0.268 e. The largest absolute Gasteiger partial charge is 0.495 e. The van der Waals surface area contributed by atoms with E-state index in [2.05, 4.69) is 11.4 Å². The molecule has 1 aliphatic carbocycles.